The second-order valence-electron chi connectivity index (χ2n) is 5.19. The Kier molecular flexibility index (Phi) is 5.41. The molecule has 0 saturated carbocycles. The summed E-state index contributed by atoms with van der Waals surface area (Å²) in [5.41, 5.74) is 1.24. The molecule has 0 unspecified atom stereocenters. The highest BCUT2D eigenvalue weighted by Gasteiger charge is 2.29. The van der Waals surface area contributed by atoms with Gasteiger partial charge in [-0.15, -0.1) is 0 Å². The van der Waals surface area contributed by atoms with Crippen LogP contribution in [0.5, 0.6) is 5.75 Å². The fourth-order valence-corrected chi connectivity index (χ4v) is 2.67. The predicted molar refractivity (Wildman–Crippen MR) is 77.9 cm³/mol. The van der Waals surface area contributed by atoms with Crippen molar-refractivity contribution in [1.82, 2.24) is 4.90 Å². The minimum Gasteiger partial charge on any atom is -0.494 e. The molecule has 1 aliphatic rings. The average molecular weight is 277 g/mol. The Bertz CT molecular complexity index is 447. The first-order chi connectivity index (χ1) is 9.72. The second kappa shape index (κ2) is 7.29. The number of benzene rings is 1. The number of hydrogen-bond donors (Lipinski definition) is 0. The molecule has 0 N–H and O–H groups in total. The zero-order valence-corrected chi connectivity index (χ0v) is 12.3. The molecule has 0 spiro atoms. The van der Waals surface area contributed by atoms with Crippen molar-refractivity contribution >= 4 is 5.91 Å². The molecule has 1 atom stereocenters. The molecule has 1 aromatic rings. The van der Waals surface area contributed by atoms with Crippen LogP contribution in [0, 0.1) is 5.92 Å². The lowest BCUT2D eigenvalue weighted by Crippen LogP contribution is -2.28. The normalized spacial score (nSPS) is 18.6. The van der Waals surface area contributed by atoms with Crippen molar-refractivity contribution in [2.75, 3.05) is 33.4 Å². The van der Waals surface area contributed by atoms with Gasteiger partial charge in [0, 0.05) is 26.6 Å². The van der Waals surface area contributed by atoms with E-state index in [9.17, 15) is 4.79 Å². The van der Waals surface area contributed by atoms with Gasteiger partial charge in [0.05, 0.1) is 13.2 Å². The van der Waals surface area contributed by atoms with E-state index in [-0.39, 0.29) is 5.91 Å². The average Bonchev–Trinajstić information content (AvgIpc) is 2.77. The largest absolute Gasteiger partial charge is 0.494 e. The SMILES string of the molecule is CCOc1cccc(C[C@@H]2CC(=O)N(CCOC)C2)c1. The highest BCUT2D eigenvalue weighted by atomic mass is 16.5. The van der Waals surface area contributed by atoms with Crippen LogP contribution in [-0.2, 0) is 16.0 Å². The summed E-state index contributed by atoms with van der Waals surface area (Å²) in [7, 11) is 1.66. The number of carbonyl (C=O) groups is 1. The predicted octanol–water partition coefficient (Wildman–Crippen LogP) is 2.12. The summed E-state index contributed by atoms with van der Waals surface area (Å²) < 4.78 is 10.6. The first-order valence-corrected chi connectivity index (χ1v) is 7.21. The Hall–Kier alpha value is -1.55. The minimum absolute atomic E-state index is 0.244. The van der Waals surface area contributed by atoms with Gasteiger partial charge in [-0.25, -0.2) is 0 Å². The Balaban J connectivity index is 1.90. The topological polar surface area (TPSA) is 38.8 Å². The van der Waals surface area contributed by atoms with E-state index in [1.807, 2.05) is 24.0 Å². The van der Waals surface area contributed by atoms with E-state index in [4.69, 9.17) is 9.47 Å². The molecule has 110 valence electrons. The maximum Gasteiger partial charge on any atom is 0.223 e. The van der Waals surface area contributed by atoms with E-state index in [0.717, 1.165) is 18.7 Å². The van der Waals surface area contributed by atoms with Crippen LogP contribution in [0.1, 0.15) is 18.9 Å². The number of rotatable bonds is 7. The van der Waals surface area contributed by atoms with E-state index in [2.05, 4.69) is 12.1 Å². The number of nitrogens with zero attached hydrogens (tertiary/aromatic N) is 1. The number of carbonyl (C=O) groups excluding carboxylic acids is 1. The van der Waals surface area contributed by atoms with Crippen molar-refractivity contribution in [1.29, 1.82) is 0 Å². The van der Waals surface area contributed by atoms with Gasteiger partial charge in [-0.2, -0.15) is 0 Å². The minimum atomic E-state index is 0.244. The van der Waals surface area contributed by atoms with Gasteiger partial charge in [0.2, 0.25) is 5.91 Å². The molecule has 1 heterocycles. The third-order valence-corrected chi connectivity index (χ3v) is 3.59. The van der Waals surface area contributed by atoms with E-state index < -0.39 is 0 Å². The lowest BCUT2D eigenvalue weighted by molar-refractivity contribution is -0.128. The third kappa shape index (κ3) is 3.97. The smallest absolute Gasteiger partial charge is 0.223 e. The van der Waals surface area contributed by atoms with Crippen LogP contribution in [0.25, 0.3) is 0 Å². The number of methoxy groups -OCH3 is 1. The van der Waals surface area contributed by atoms with Gasteiger partial charge < -0.3 is 14.4 Å². The fraction of sp³-hybridized carbons (Fsp3) is 0.562. The van der Waals surface area contributed by atoms with E-state index >= 15 is 0 Å². The number of ether oxygens (including phenoxy) is 2. The van der Waals surface area contributed by atoms with E-state index in [1.165, 1.54) is 5.56 Å². The Morgan fingerprint density at radius 3 is 3.00 bits per heavy atom. The zero-order valence-electron chi connectivity index (χ0n) is 12.3. The summed E-state index contributed by atoms with van der Waals surface area (Å²) in [6.45, 7) is 4.80. The summed E-state index contributed by atoms with van der Waals surface area (Å²) in [6, 6.07) is 8.16. The van der Waals surface area contributed by atoms with Crippen LogP contribution >= 0.6 is 0 Å². The van der Waals surface area contributed by atoms with E-state index in [1.54, 1.807) is 7.11 Å². The highest BCUT2D eigenvalue weighted by Crippen LogP contribution is 2.23. The fourth-order valence-electron chi connectivity index (χ4n) is 2.67. The lowest BCUT2D eigenvalue weighted by atomic mass is 9.98. The molecule has 0 aliphatic carbocycles. The van der Waals surface area contributed by atoms with Crippen molar-refractivity contribution in [2.45, 2.75) is 19.8 Å². The second-order valence-corrected chi connectivity index (χ2v) is 5.19. The van der Waals surface area contributed by atoms with Crippen molar-refractivity contribution in [2.24, 2.45) is 5.92 Å². The Morgan fingerprint density at radius 2 is 2.25 bits per heavy atom. The van der Waals surface area contributed by atoms with Crippen LogP contribution in [0.4, 0.5) is 0 Å². The van der Waals surface area contributed by atoms with Gasteiger partial charge in [0.15, 0.2) is 0 Å². The van der Waals surface area contributed by atoms with Gasteiger partial charge in [-0.05, 0) is 37.0 Å². The highest BCUT2D eigenvalue weighted by molar-refractivity contribution is 5.78. The maximum absolute atomic E-state index is 11.9. The lowest BCUT2D eigenvalue weighted by Gasteiger charge is -2.16. The number of likely N-dealkylation sites (tertiary alicyclic amines) is 1. The summed E-state index contributed by atoms with van der Waals surface area (Å²) in [4.78, 5) is 13.8. The number of amides is 1. The van der Waals surface area contributed by atoms with Crippen molar-refractivity contribution in [3.8, 4) is 5.75 Å². The quantitative estimate of drug-likeness (QED) is 0.766. The molecule has 1 amide bonds. The van der Waals surface area contributed by atoms with Crippen LogP contribution in [0.2, 0.25) is 0 Å². The van der Waals surface area contributed by atoms with Crippen molar-refractivity contribution in [3.05, 3.63) is 29.8 Å². The summed E-state index contributed by atoms with van der Waals surface area (Å²) in [6.07, 6.45) is 1.57. The first-order valence-electron chi connectivity index (χ1n) is 7.21. The molecule has 1 aliphatic heterocycles. The monoisotopic (exact) mass is 277 g/mol. The number of hydrogen-bond acceptors (Lipinski definition) is 3. The van der Waals surface area contributed by atoms with Crippen LogP contribution < -0.4 is 4.74 Å². The van der Waals surface area contributed by atoms with Crippen molar-refractivity contribution in [3.63, 3.8) is 0 Å². The van der Waals surface area contributed by atoms with Gasteiger partial charge in [0.1, 0.15) is 5.75 Å². The molecule has 4 heteroatoms. The Morgan fingerprint density at radius 1 is 1.40 bits per heavy atom. The Labute approximate surface area is 120 Å². The standard InChI is InChI=1S/C16H23NO3/c1-3-20-15-6-4-5-13(10-15)9-14-11-16(18)17(12-14)7-8-19-2/h4-6,10,14H,3,7-9,11-12H2,1-2H3/t14-/m1/s1. The first kappa shape index (κ1) is 14.9. The molecular weight excluding hydrogens is 254 g/mol. The molecule has 0 radical (unpaired) electrons. The molecular formula is C16H23NO3. The molecule has 1 saturated heterocycles. The summed E-state index contributed by atoms with van der Waals surface area (Å²) >= 11 is 0. The molecule has 0 bridgehead atoms. The van der Waals surface area contributed by atoms with Gasteiger partial charge in [-0.1, -0.05) is 12.1 Å². The maximum atomic E-state index is 11.9. The van der Waals surface area contributed by atoms with Crippen molar-refractivity contribution < 1.29 is 14.3 Å². The molecule has 1 aromatic carbocycles. The summed E-state index contributed by atoms with van der Waals surface area (Å²) in [5, 5.41) is 0. The molecule has 1 fully saturated rings. The van der Waals surface area contributed by atoms with Crippen LogP contribution in [0.15, 0.2) is 24.3 Å². The molecule has 0 aromatic heterocycles. The summed E-state index contributed by atoms with van der Waals surface area (Å²) in [5.74, 6) is 1.55. The van der Waals surface area contributed by atoms with Gasteiger partial charge in [-0.3, -0.25) is 4.79 Å². The van der Waals surface area contributed by atoms with Gasteiger partial charge in [0.25, 0.3) is 0 Å². The molecule has 4 nitrogen and oxygen atoms in total. The van der Waals surface area contributed by atoms with Crippen LogP contribution in [0.3, 0.4) is 0 Å². The van der Waals surface area contributed by atoms with Gasteiger partial charge >= 0.3 is 0 Å². The third-order valence-electron chi connectivity index (χ3n) is 3.59. The zero-order chi connectivity index (χ0) is 14.4. The molecule has 20 heavy (non-hydrogen) atoms. The van der Waals surface area contributed by atoms with Crippen LogP contribution in [-0.4, -0.2) is 44.2 Å². The molecule has 2 rings (SSSR count). The van der Waals surface area contributed by atoms with E-state index in [0.29, 0.717) is 32.1 Å².